The van der Waals surface area contributed by atoms with Crippen LogP contribution in [0.15, 0.2) is 16.8 Å². The Balaban J connectivity index is 5.33. The molecule has 5 nitrogen and oxygen atoms in total. The van der Waals surface area contributed by atoms with Crippen LogP contribution in [0.25, 0.3) is 10.4 Å². The smallest absolute Gasteiger partial charge is 0.192 e. The van der Waals surface area contributed by atoms with Crippen LogP contribution in [0.3, 0.4) is 0 Å². The van der Waals surface area contributed by atoms with Crippen LogP contribution in [-0.2, 0) is 4.43 Å². The molecule has 2 atom stereocenters. The van der Waals surface area contributed by atoms with E-state index in [2.05, 4.69) is 50.0 Å². The number of hydrogen-bond donors (Lipinski definition) is 1. The summed E-state index contributed by atoms with van der Waals surface area (Å²) in [5.41, 5.74) is 9.42. The molecule has 0 heterocycles. The highest BCUT2D eigenvalue weighted by molar-refractivity contribution is 6.74. The topological polar surface area (TPSA) is 78.2 Å². The Morgan fingerprint density at radius 1 is 1.32 bits per heavy atom. The van der Waals surface area contributed by atoms with E-state index in [1.165, 1.54) is 5.57 Å². The average molecular weight is 328 g/mol. The predicted molar refractivity (Wildman–Crippen MR) is 95.4 cm³/mol. The van der Waals surface area contributed by atoms with E-state index in [0.717, 1.165) is 6.42 Å². The third-order valence-electron chi connectivity index (χ3n) is 4.58. The van der Waals surface area contributed by atoms with E-state index in [9.17, 15) is 5.11 Å². The molecule has 0 aliphatic rings. The van der Waals surface area contributed by atoms with Gasteiger partial charge in [0.05, 0.1) is 18.2 Å². The fraction of sp³-hybridized carbons (Fsp3) is 0.875. The predicted octanol–water partition coefficient (Wildman–Crippen LogP) is 5.18. The highest BCUT2D eigenvalue weighted by Gasteiger charge is 2.43. The number of hydrogen-bond acceptors (Lipinski definition) is 3. The van der Waals surface area contributed by atoms with Gasteiger partial charge in [-0.2, -0.15) is 0 Å². The van der Waals surface area contributed by atoms with Crippen LogP contribution in [-0.4, -0.2) is 31.7 Å². The van der Waals surface area contributed by atoms with Gasteiger partial charge in [-0.05, 0) is 50.4 Å². The Kier molecular flexibility index (Phi) is 7.85. The van der Waals surface area contributed by atoms with Crippen LogP contribution in [0.4, 0.5) is 0 Å². The summed E-state index contributed by atoms with van der Waals surface area (Å²) in [4.78, 5) is 3.00. The van der Waals surface area contributed by atoms with Gasteiger partial charge in [-0.15, -0.1) is 0 Å². The van der Waals surface area contributed by atoms with E-state index >= 15 is 0 Å². The van der Waals surface area contributed by atoms with Crippen molar-refractivity contribution in [1.82, 2.24) is 0 Å². The number of azide groups is 1. The van der Waals surface area contributed by atoms with Gasteiger partial charge < -0.3 is 9.53 Å². The highest BCUT2D eigenvalue weighted by Crippen LogP contribution is 2.39. The van der Waals surface area contributed by atoms with Crippen molar-refractivity contribution in [3.63, 3.8) is 0 Å². The zero-order valence-electron chi connectivity index (χ0n) is 15.5. The first kappa shape index (κ1) is 21.2. The molecule has 22 heavy (non-hydrogen) atoms. The van der Waals surface area contributed by atoms with E-state index < -0.39 is 20.0 Å². The van der Waals surface area contributed by atoms with Crippen molar-refractivity contribution in [2.24, 2.45) is 5.11 Å². The summed E-state index contributed by atoms with van der Waals surface area (Å²) in [7, 11) is -2.05. The SMILES string of the molecule is CC(C)=CCC[C@@](C)(N=[N+]=[N-])[C@H](CO)O[Si](C)(C)C(C)(C)C. The normalized spacial score (nSPS) is 16.4. The Morgan fingerprint density at radius 3 is 2.23 bits per heavy atom. The minimum Gasteiger partial charge on any atom is -0.411 e. The molecule has 0 radical (unpaired) electrons. The van der Waals surface area contributed by atoms with Crippen molar-refractivity contribution in [3.05, 3.63) is 22.1 Å². The lowest BCUT2D eigenvalue weighted by atomic mass is 9.90. The van der Waals surface area contributed by atoms with Crippen LogP contribution < -0.4 is 0 Å². The maximum atomic E-state index is 9.82. The third-order valence-corrected chi connectivity index (χ3v) is 9.06. The number of rotatable bonds is 8. The van der Waals surface area contributed by atoms with E-state index in [4.69, 9.17) is 9.96 Å². The molecule has 0 aliphatic carbocycles. The zero-order valence-corrected chi connectivity index (χ0v) is 16.5. The number of allylic oxidation sites excluding steroid dienone is 2. The minimum absolute atomic E-state index is 0.0393. The van der Waals surface area contributed by atoms with Crippen molar-refractivity contribution in [1.29, 1.82) is 0 Å². The lowest BCUT2D eigenvalue weighted by Crippen LogP contribution is -2.52. The number of nitrogens with zero attached hydrogens (tertiary/aromatic N) is 3. The molecule has 1 N–H and O–H groups in total. The second-order valence-corrected chi connectivity index (χ2v) is 12.7. The first-order valence-electron chi connectivity index (χ1n) is 7.88. The molecule has 0 bridgehead atoms. The first-order valence-corrected chi connectivity index (χ1v) is 10.8. The molecule has 0 aromatic rings. The van der Waals surface area contributed by atoms with Crippen molar-refractivity contribution in [2.75, 3.05) is 6.61 Å². The van der Waals surface area contributed by atoms with Gasteiger partial charge in [-0.3, -0.25) is 0 Å². The second-order valence-electron chi connectivity index (χ2n) is 7.92. The Labute approximate surface area is 136 Å². The largest absolute Gasteiger partial charge is 0.411 e. The maximum absolute atomic E-state index is 9.82. The Hall–Kier alpha value is -0.813. The highest BCUT2D eigenvalue weighted by atomic mass is 28.4. The first-order chi connectivity index (χ1) is 9.89. The second kappa shape index (κ2) is 8.16. The summed E-state index contributed by atoms with van der Waals surface area (Å²) >= 11 is 0. The van der Waals surface area contributed by atoms with E-state index in [1.807, 2.05) is 20.8 Å². The molecule has 0 aromatic carbocycles. The fourth-order valence-electron chi connectivity index (χ4n) is 1.92. The van der Waals surface area contributed by atoms with Gasteiger partial charge in [-0.1, -0.05) is 44.5 Å². The van der Waals surface area contributed by atoms with Crippen molar-refractivity contribution >= 4 is 8.32 Å². The quantitative estimate of drug-likeness (QED) is 0.219. The van der Waals surface area contributed by atoms with Gasteiger partial charge in [0.15, 0.2) is 8.32 Å². The molecule has 0 aromatic heterocycles. The van der Waals surface area contributed by atoms with Gasteiger partial charge in [0.2, 0.25) is 0 Å². The van der Waals surface area contributed by atoms with E-state index in [1.54, 1.807) is 0 Å². The molecule has 128 valence electrons. The van der Waals surface area contributed by atoms with Crippen molar-refractivity contribution < 1.29 is 9.53 Å². The summed E-state index contributed by atoms with van der Waals surface area (Å²) in [5.74, 6) is 0. The molecule has 6 heteroatoms. The molecule has 0 amide bonds. The maximum Gasteiger partial charge on any atom is 0.192 e. The van der Waals surface area contributed by atoms with E-state index in [-0.39, 0.29) is 11.6 Å². The molecule has 0 aliphatic heterocycles. The van der Waals surface area contributed by atoms with Gasteiger partial charge in [0, 0.05) is 4.91 Å². The van der Waals surface area contributed by atoms with E-state index in [0.29, 0.717) is 6.42 Å². The standard InChI is InChI=1S/C16H33N3O2Si/c1-13(2)10-9-11-16(6,18-19-17)14(12-20)21-22(7,8)15(3,4)5/h10,14,20H,9,11-12H2,1-8H3/t14-,16+/m0/s1. The summed E-state index contributed by atoms with van der Waals surface area (Å²) in [6.45, 7) is 16.6. The van der Waals surface area contributed by atoms with Crippen LogP contribution >= 0.6 is 0 Å². The molecular weight excluding hydrogens is 294 g/mol. The lowest BCUT2D eigenvalue weighted by Gasteiger charge is -2.43. The lowest BCUT2D eigenvalue weighted by molar-refractivity contribution is 0.0436. The van der Waals surface area contributed by atoms with Crippen LogP contribution in [0.1, 0.15) is 54.4 Å². The van der Waals surface area contributed by atoms with Crippen molar-refractivity contribution in [3.8, 4) is 0 Å². The van der Waals surface area contributed by atoms with Crippen molar-refractivity contribution in [2.45, 2.75) is 84.2 Å². The molecule has 0 saturated heterocycles. The van der Waals surface area contributed by atoms with Gasteiger partial charge in [0.1, 0.15) is 0 Å². The molecule has 0 rings (SSSR count). The monoisotopic (exact) mass is 327 g/mol. The molecule has 0 spiro atoms. The molecular formula is C16H33N3O2Si. The summed E-state index contributed by atoms with van der Waals surface area (Å²) in [5, 5.41) is 13.8. The van der Waals surface area contributed by atoms with Gasteiger partial charge >= 0.3 is 0 Å². The Morgan fingerprint density at radius 2 is 1.86 bits per heavy atom. The molecule has 0 unspecified atom stereocenters. The van der Waals surface area contributed by atoms with Crippen LogP contribution in [0.2, 0.25) is 18.1 Å². The summed E-state index contributed by atoms with van der Waals surface area (Å²) in [6.07, 6.45) is 3.10. The molecule has 0 saturated carbocycles. The van der Waals surface area contributed by atoms with Gasteiger partial charge in [0.25, 0.3) is 0 Å². The summed E-state index contributed by atoms with van der Waals surface area (Å²) in [6, 6.07) is 0. The molecule has 0 fully saturated rings. The van der Waals surface area contributed by atoms with Crippen LogP contribution in [0.5, 0.6) is 0 Å². The fourth-order valence-corrected chi connectivity index (χ4v) is 3.32. The average Bonchev–Trinajstić information content (AvgIpc) is 2.34. The van der Waals surface area contributed by atoms with Gasteiger partial charge in [-0.25, -0.2) is 0 Å². The number of aliphatic hydroxyl groups excluding tert-OH is 1. The Bertz CT molecular complexity index is 433. The van der Waals surface area contributed by atoms with Crippen LogP contribution in [0, 0.1) is 0 Å². The summed E-state index contributed by atoms with van der Waals surface area (Å²) < 4.78 is 6.33. The minimum atomic E-state index is -2.05. The third kappa shape index (κ3) is 6.13. The number of aliphatic hydroxyl groups is 1. The zero-order chi connectivity index (χ0) is 17.6.